The maximum atomic E-state index is 13.3. The Balaban J connectivity index is 1.57. The number of benzene rings is 2. The van der Waals surface area contributed by atoms with Gasteiger partial charge >= 0.3 is 12.1 Å². The number of alkyl halides is 3. The zero-order chi connectivity index (χ0) is 22.5. The molecule has 2 saturated carbocycles. The number of carboxylic acid groups (broad SMARTS) is 1. The number of hydrogen-bond donors (Lipinski definition) is 1. The first kappa shape index (κ1) is 21.1. The first-order chi connectivity index (χ1) is 15.3. The van der Waals surface area contributed by atoms with Gasteiger partial charge in [0.25, 0.3) is 0 Å². The maximum Gasteiger partial charge on any atom is 0.391 e. The lowest BCUT2D eigenvalue weighted by Crippen LogP contribution is -2.30. The zero-order valence-electron chi connectivity index (χ0n) is 17.7. The van der Waals surface area contributed by atoms with Crippen molar-refractivity contribution in [1.82, 2.24) is 4.57 Å². The Morgan fingerprint density at radius 1 is 1.00 bits per heavy atom. The number of nitrogens with zero attached hydrogens (tertiary/aromatic N) is 1. The standard InChI is InChI=1S/C26H26F3NO2/c27-26(28,29)20-5-3-4-16(14-20)15-30-22-7-2-1-6-21(22)23(24(30)25(31)32)19-12-10-18(11-13-19)17-8-9-17/h1-2,6-7,10-13,16-17,20H,3-5,8-9,14-15H2,(H,31,32). The molecule has 3 nitrogen and oxygen atoms in total. The van der Waals surface area contributed by atoms with Gasteiger partial charge < -0.3 is 9.67 Å². The van der Waals surface area contributed by atoms with Crippen molar-refractivity contribution in [2.45, 2.75) is 57.2 Å². The van der Waals surface area contributed by atoms with Gasteiger partial charge in [0.15, 0.2) is 0 Å². The van der Waals surface area contributed by atoms with E-state index in [1.165, 1.54) is 18.4 Å². The number of fused-ring (bicyclic) bond motifs is 1. The highest BCUT2D eigenvalue weighted by Crippen LogP contribution is 2.43. The van der Waals surface area contributed by atoms with Crippen LogP contribution in [0.4, 0.5) is 13.2 Å². The number of halogens is 3. The molecule has 168 valence electrons. The summed E-state index contributed by atoms with van der Waals surface area (Å²) in [6.07, 6.45) is -0.382. The summed E-state index contributed by atoms with van der Waals surface area (Å²) in [4.78, 5) is 12.4. The summed E-state index contributed by atoms with van der Waals surface area (Å²) in [5.74, 6) is -1.94. The summed E-state index contributed by atoms with van der Waals surface area (Å²) in [5.41, 5.74) is 3.69. The lowest BCUT2D eigenvalue weighted by molar-refractivity contribution is -0.186. The SMILES string of the molecule is O=C(O)c1c(-c2ccc(C3CC3)cc2)c2ccccc2n1CC1CCCC(C(F)(F)F)C1. The normalized spacial score (nSPS) is 21.7. The van der Waals surface area contributed by atoms with Gasteiger partial charge in [0.2, 0.25) is 0 Å². The highest BCUT2D eigenvalue weighted by Gasteiger charge is 2.42. The number of para-hydroxylation sites is 1. The second-order valence-corrected chi connectivity index (χ2v) is 9.32. The van der Waals surface area contributed by atoms with E-state index in [0.717, 1.165) is 16.5 Å². The topological polar surface area (TPSA) is 42.2 Å². The third-order valence-corrected chi connectivity index (χ3v) is 7.11. The highest BCUT2D eigenvalue weighted by molar-refractivity contribution is 6.08. The van der Waals surface area contributed by atoms with E-state index in [1.54, 1.807) is 4.57 Å². The van der Waals surface area contributed by atoms with Crippen LogP contribution in [0, 0.1) is 11.8 Å². The molecular weight excluding hydrogens is 415 g/mol. The minimum absolute atomic E-state index is 0.0560. The summed E-state index contributed by atoms with van der Waals surface area (Å²) in [7, 11) is 0. The zero-order valence-corrected chi connectivity index (χ0v) is 17.7. The molecule has 2 aliphatic carbocycles. The molecular formula is C26H26F3NO2. The fraction of sp³-hybridized carbons (Fsp3) is 0.423. The molecule has 1 heterocycles. The van der Waals surface area contributed by atoms with Crippen LogP contribution in [0.3, 0.4) is 0 Å². The first-order valence-electron chi connectivity index (χ1n) is 11.3. The van der Waals surface area contributed by atoms with Crippen molar-refractivity contribution in [2.75, 3.05) is 0 Å². The van der Waals surface area contributed by atoms with Gasteiger partial charge in [0.05, 0.1) is 5.92 Å². The van der Waals surface area contributed by atoms with E-state index in [1.807, 2.05) is 36.4 Å². The molecule has 0 saturated heterocycles. The molecule has 2 atom stereocenters. The van der Waals surface area contributed by atoms with E-state index in [2.05, 4.69) is 12.1 Å². The molecule has 2 unspecified atom stereocenters. The average Bonchev–Trinajstić information content (AvgIpc) is 3.57. The Morgan fingerprint density at radius 2 is 1.72 bits per heavy atom. The van der Waals surface area contributed by atoms with Gasteiger partial charge in [-0.1, -0.05) is 48.9 Å². The molecule has 0 spiro atoms. The van der Waals surface area contributed by atoms with Gasteiger partial charge in [0.1, 0.15) is 5.69 Å². The van der Waals surface area contributed by atoms with Crippen molar-refractivity contribution < 1.29 is 23.1 Å². The monoisotopic (exact) mass is 441 g/mol. The van der Waals surface area contributed by atoms with Gasteiger partial charge in [-0.2, -0.15) is 13.2 Å². The molecule has 0 radical (unpaired) electrons. The fourth-order valence-corrected chi connectivity index (χ4v) is 5.36. The largest absolute Gasteiger partial charge is 0.477 e. The Hall–Kier alpha value is -2.76. The van der Waals surface area contributed by atoms with E-state index in [9.17, 15) is 23.1 Å². The van der Waals surface area contributed by atoms with Crippen LogP contribution in [-0.4, -0.2) is 21.8 Å². The average molecular weight is 441 g/mol. The second kappa shape index (κ2) is 7.98. The number of hydrogen-bond acceptors (Lipinski definition) is 1. The summed E-state index contributed by atoms with van der Waals surface area (Å²) in [6, 6.07) is 15.6. The van der Waals surface area contributed by atoms with E-state index >= 15 is 0 Å². The van der Waals surface area contributed by atoms with Crippen LogP contribution in [0.1, 0.15) is 60.5 Å². The van der Waals surface area contributed by atoms with Crippen molar-refractivity contribution in [3.05, 3.63) is 59.8 Å². The third kappa shape index (κ3) is 3.91. The lowest BCUT2D eigenvalue weighted by atomic mass is 9.81. The van der Waals surface area contributed by atoms with Crippen LogP contribution in [0.2, 0.25) is 0 Å². The van der Waals surface area contributed by atoms with Gasteiger partial charge in [-0.3, -0.25) is 0 Å². The molecule has 6 heteroatoms. The van der Waals surface area contributed by atoms with Gasteiger partial charge in [-0.25, -0.2) is 4.79 Å². The molecule has 2 aliphatic rings. The van der Waals surface area contributed by atoms with E-state index in [0.29, 0.717) is 24.3 Å². The van der Waals surface area contributed by atoms with Crippen LogP contribution >= 0.6 is 0 Å². The first-order valence-corrected chi connectivity index (χ1v) is 11.3. The summed E-state index contributed by atoms with van der Waals surface area (Å²) in [6.45, 7) is 0.287. The van der Waals surface area contributed by atoms with Crippen molar-refractivity contribution in [1.29, 1.82) is 0 Å². The minimum Gasteiger partial charge on any atom is -0.477 e. The van der Waals surface area contributed by atoms with Crippen LogP contribution in [0.5, 0.6) is 0 Å². The lowest BCUT2D eigenvalue weighted by Gasteiger charge is -2.31. The van der Waals surface area contributed by atoms with Crippen molar-refractivity contribution in [3.8, 4) is 11.1 Å². The summed E-state index contributed by atoms with van der Waals surface area (Å²) in [5, 5.41) is 11.0. The minimum atomic E-state index is -4.19. The quantitative estimate of drug-likeness (QED) is 0.453. The molecule has 0 bridgehead atoms. The Bertz CT molecular complexity index is 1140. The van der Waals surface area contributed by atoms with E-state index in [-0.39, 0.29) is 31.0 Å². The molecule has 2 fully saturated rings. The maximum absolute atomic E-state index is 13.3. The predicted octanol–water partition coefficient (Wildman–Crippen LogP) is 7.25. The fourth-order valence-electron chi connectivity index (χ4n) is 5.36. The number of aromatic carboxylic acids is 1. The van der Waals surface area contributed by atoms with Crippen LogP contribution < -0.4 is 0 Å². The van der Waals surface area contributed by atoms with Crippen molar-refractivity contribution in [2.24, 2.45) is 11.8 Å². The van der Waals surface area contributed by atoms with Crippen molar-refractivity contribution in [3.63, 3.8) is 0 Å². The summed E-state index contributed by atoms with van der Waals surface area (Å²) >= 11 is 0. The molecule has 5 rings (SSSR count). The number of carbonyl (C=O) groups is 1. The molecule has 32 heavy (non-hydrogen) atoms. The van der Waals surface area contributed by atoms with Crippen LogP contribution in [0.25, 0.3) is 22.0 Å². The predicted molar refractivity (Wildman–Crippen MR) is 118 cm³/mol. The second-order valence-electron chi connectivity index (χ2n) is 9.32. The molecule has 0 aliphatic heterocycles. The molecule has 3 aromatic rings. The smallest absolute Gasteiger partial charge is 0.391 e. The molecule has 2 aromatic carbocycles. The van der Waals surface area contributed by atoms with Crippen LogP contribution in [0.15, 0.2) is 48.5 Å². The summed E-state index contributed by atoms with van der Waals surface area (Å²) < 4.78 is 41.7. The third-order valence-electron chi connectivity index (χ3n) is 7.11. The van der Waals surface area contributed by atoms with Gasteiger partial charge in [0, 0.05) is 23.0 Å². The number of carboxylic acids is 1. The molecule has 1 N–H and O–H groups in total. The Labute approximate surface area is 184 Å². The van der Waals surface area contributed by atoms with Crippen LogP contribution in [-0.2, 0) is 6.54 Å². The Kier molecular flexibility index (Phi) is 5.26. The molecule has 1 aromatic heterocycles. The van der Waals surface area contributed by atoms with Gasteiger partial charge in [-0.15, -0.1) is 0 Å². The number of rotatable bonds is 5. The highest BCUT2D eigenvalue weighted by atomic mass is 19.4. The van der Waals surface area contributed by atoms with E-state index in [4.69, 9.17) is 0 Å². The van der Waals surface area contributed by atoms with Crippen molar-refractivity contribution >= 4 is 16.9 Å². The Morgan fingerprint density at radius 3 is 2.38 bits per heavy atom. The molecule has 0 amide bonds. The van der Waals surface area contributed by atoms with E-state index < -0.39 is 18.1 Å². The number of aromatic nitrogens is 1. The van der Waals surface area contributed by atoms with Gasteiger partial charge in [-0.05, 0) is 61.1 Å².